The van der Waals surface area contributed by atoms with Gasteiger partial charge in [-0.25, -0.2) is 4.68 Å². The maximum Gasteiger partial charge on any atom is 0.0783 e. The molecule has 0 atom stereocenters. The second-order valence-electron chi connectivity index (χ2n) is 4.17. The molecule has 0 radical (unpaired) electrons. The maximum absolute atomic E-state index is 4.18. The van der Waals surface area contributed by atoms with E-state index in [2.05, 4.69) is 39.9 Å². The summed E-state index contributed by atoms with van der Waals surface area (Å²) < 4.78 is 1.89. The number of benzene rings is 2. The molecule has 1 aromatic heterocycles. The summed E-state index contributed by atoms with van der Waals surface area (Å²) in [5.41, 5.74) is 2.12. The zero-order valence-electron chi connectivity index (χ0n) is 10.2. The van der Waals surface area contributed by atoms with Crippen LogP contribution in [-0.2, 0) is 6.54 Å². The third kappa shape index (κ3) is 1.76. The molecule has 4 nitrogen and oxygen atoms in total. The number of hydrogen-bond donors (Lipinski definition) is 1. The molecule has 0 spiro atoms. The molecule has 4 heteroatoms. The van der Waals surface area contributed by atoms with Crippen LogP contribution < -0.4 is 5.32 Å². The summed E-state index contributed by atoms with van der Waals surface area (Å²) in [7, 11) is 1.92. The molecule has 0 fully saturated rings. The van der Waals surface area contributed by atoms with Crippen molar-refractivity contribution in [3.8, 4) is 5.69 Å². The Balaban J connectivity index is 2.22. The van der Waals surface area contributed by atoms with Gasteiger partial charge in [-0.1, -0.05) is 41.6 Å². The lowest BCUT2D eigenvalue weighted by atomic mass is 10.1. The molecule has 1 heterocycles. The van der Waals surface area contributed by atoms with Gasteiger partial charge in [0, 0.05) is 11.9 Å². The first kappa shape index (κ1) is 10.9. The van der Waals surface area contributed by atoms with Crippen molar-refractivity contribution in [3.05, 3.63) is 54.4 Å². The second-order valence-corrected chi connectivity index (χ2v) is 4.17. The quantitative estimate of drug-likeness (QED) is 0.760. The van der Waals surface area contributed by atoms with Crippen LogP contribution in [0.2, 0.25) is 0 Å². The van der Waals surface area contributed by atoms with Crippen LogP contribution in [0.3, 0.4) is 0 Å². The summed E-state index contributed by atoms with van der Waals surface area (Å²) in [6, 6.07) is 14.5. The van der Waals surface area contributed by atoms with Crippen molar-refractivity contribution in [2.24, 2.45) is 0 Å². The zero-order chi connectivity index (χ0) is 12.4. The van der Waals surface area contributed by atoms with E-state index >= 15 is 0 Å². The van der Waals surface area contributed by atoms with Gasteiger partial charge in [0.05, 0.1) is 17.6 Å². The highest BCUT2D eigenvalue weighted by atomic mass is 15.4. The molecule has 0 amide bonds. The Kier molecular flexibility index (Phi) is 2.78. The number of nitrogens with one attached hydrogen (secondary N) is 1. The molecule has 3 aromatic rings. The summed E-state index contributed by atoms with van der Waals surface area (Å²) in [5.74, 6) is 0. The van der Waals surface area contributed by atoms with E-state index in [1.54, 1.807) is 6.20 Å². The van der Waals surface area contributed by atoms with Crippen LogP contribution in [0.4, 0.5) is 0 Å². The number of aromatic nitrogens is 3. The maximum atomic E-state index is 4.18. The average molecular weight is 238 g/mol. The number of rotatable bonds is 3. The Morgan fingerprint density at radius 3 is 2.83 bits per heavy atom. The summed E-state index contributed by atoms with van der Waals surface area (Å²) >= 11 is 0. The van der Waals surface area contributed by atoms with Gasteiger partial charge >= 0.3 is 0 Å². The fraction of sp³-hybridized carbons (Fsp3) is 0.143. The molecule has 18 heavy (non-hydrogen) atoms. The van der Waals surface area contributed by atoms with E-state index in [9.17, 15) is 0 Å². The highest BCUT2D eigenvalue weighted by molar-refractivity contribution is 5.90. The minimum Gasteiger partial charge on any atom is -0.314 e. The van der Waals surface area contributed by atoms with Gasteiger partial charge in [0.1, 0.15) is 0 Å². The van der Waals surface area contributed by atoms with Crippen molar-refractivity contribution < 1.29 is 0 Å². The summed E-state index contributed by atoms with van der Waals surface area (Å²) in [4.78, 5) is 0. The van der Waals surface area contributed by atoms with Gasteiger partial charge in [0.2, 0.25) is 0 Å². The molecule has 0 bridgehead atoms. The zero-order valence-corrected chi connectivity index (χ0v) is 10.2. The molecule has 2 aromatic carbocycles. The van der Waals surface area contributed by atoms with E-state index in [-0.39, 0.29) is 0 Å². The molecule has 0 aliphatic carbocycles. The Hall–Kier alpha value is -2.20. The summed E-state index contributed by atoms with van der Waals surface area (Å²) in [6.07, 6.45) is 1.79. The van der Waals surface area contributed by atoms with Crippen LogP contribution in [0.1, 0.15) is 5.69 Å². The molecular weight excluding hydrogens is 224 g/mol. The Bertz CT molecular complexity index is 667. The van der Waals surface area contributed by atoms with Crippen LogP contribution in [0.5, 0.6) is 0 Å². The van der Waals surface area contributed by atoms with Crippen molar-refractivity contribution in [1.82, 2.24) is 20.3 Å². The third-order valence-electron chi connectivity index (χ3n) is 2.97. The number of hydrogen-bond acceptors (Lipinski definition) is 3. The fourth-order valence-corrected chi connectivity index (χ4v) is 2.15. The van der Waals surface area contributed by atoms with Gasteiger partial charge in [0.25, 0.3) is 0 Å². The molecule has 0 saturated carbocycles. The SMILES string of the molecule is CNCc1cnnn1-c1cccc2ccccc12. The second kappa shape index (κ2) is 4.58. The van der Waals surface area contributed by atoms with Crippen LogP contribution in [0.15, 0.2) is 48.7 Å². The minimum absolute atomic E-state index is 0.746. The van der Waals surface area contributed by atoms with Crippen molar-refractivity contribution >= 4 is 10.8 Å². The summed E-state index contributed by atoms with van der Waals surface area (Å²) in [6.45, 7) is 0.746. The van der Waals surface area contributed by atoms with Gasteiger partial charge in [0.15, 0.2) is 0 Å². The first-order valence-corrected chi connectivity index (χ1v) is 5.92. The van der Waals surface area contributed by atoms with Gasteiger partial charge in [-0.05, 0) is 18.5 Å². The lowest BCUT2D eigenvalue weighted by molar-refractivity contribution is 0.717. The number of fused-ring (bicyclic) bond motifs is 1. The monoisotopic (exact) mass is 238 g/mol. The molecule has 1 N–H and O–H groups in total. The minimum atomic E-state index is 0.746. The fourth-order valence-electron chi connectivity index (χ4n) is 2.15. The van der Waals surface area contributed by atoms with E-state index in [4.69, 9.17) is 0 Å². The smallest absolute Gasteiger partial charge is 0.0783 e. The van der Waals surface area contributed by atoms with E-state index in [0.29, 0.717) is 0 Å². The normalized spacial score (nSPS) is 10.9. The predicted molar refractivity (Wildman–Crippen MR) is 71.6 cm³/mol. The van der Waals surface area contributed by atoms with Gasteiger partial charge < -0.3 is 5.32 Å². The molecule has 0 aliphatic rings. The average Bonchev–Trinajstić information content (AvgIpc) is 2.87. The third-order valence-corrected chi connectivity index (χ3v) is 2.97. The van der Waals surface area contributed by atoms with Crippen molar-refractivity contribution in [1.29, 1.82) is 0 Å². The topological polar surface area (TPSA) is 42.7 Å². The van der Waals surface area contributed by atoms with Crippen molar-refractivity contribution in [3.63, 3.8) is 0 Å². The van der Waals surface area contributed by atoms with Gasteiger partial charge in [-0.3, -0.25) is 0 Å². The first-order valence-electron chi connectivity index (χ1n) is 5.92. The lowest BCUT2D eigenvalue weighted by Gasteiger charge is -2.09. The molecular formula is C14H14N4. The van der Waals surface area contributed by atoms with E-state index < -0.39 is 0 Å². The molecule has 0 saturated heterocycles. The van der Waals surface area contributed by atoms with Gasteiger partial charge in [-0.2, -0.15) is 0 Å². The number of nitrogens with zero attached hydrogens (tertiary/aromatic N) is 3. The van der Waals surface area contributed by atoms with Gasteiger partial charge in [-0.15, -0.1) is 5.10 Å². The van der Waals surface area contributed by atoms with E-state index in [1.165, 1.54) is 10.8 Å². The molecule has 0 aliphatic heterocycles. The Morgan fingerprint density at radius 2 is 1.94 bits per heavy atom. The standard InChI is InChI=1S/C14H14N4/c1-15-9-12-10-16-17-18(12)14-8-4-6-11-5-2-3-7-13(11)14/h2-8,10,15H,9H2,1H3. The van der Waals surface area contributed by atoms with E-state index in [1.807, 2.05) is 29.9 Å². The molecule has 0 unspecified atom stereocenters. The Labute approximate surface area is 105 Å². The van der Waals surface area contributed by atoms with Crippen LogP contribution in [-0.4, -0.2) is 22.0 Å². The van der Waals surface area contributed by atoms with E-state index in [0.717, 1.165) is 17.9 Å². The van der Waals surface area contributed by atoms with Crippen LogP contribution in [0, 0.1) is 0 Å². The van der Waals surface area contributed by atoms with Crippen LogP contribution in [0.25, 0.3) is 16.5 Å². The van der Waals surface area contributed by atoms with Crippen molar-refractivity contribution in [2.45, 2.75) is 6.54 Å². The Morgan fingerprint density at radius 1 is 1.11 bits per heavy atom. The molecule has 3 rings (SSSR count). The molecule has 90 valence electrons. The highest BCUT2D eigenvalue weighted by Gasteiger charge is 2.08. The predicted octanol–water partition coefficient (Wildman–Crippen LogP) is 2.14. The largest absolute Gasteiger partial charge is 0.314 e. The summed E-state index contributed by atoms with van der Waals surface area (Å²) in [5, 5.41) is 13.7. The lowest BCUT2D eigenvalue weighted by Crippen LogP contribution is -2.11. The van der Waals surface area contributed by atoms with Crippen molar-refractivity contribution in [2.75, 3.05) is 7.05 Å². The van der Waals surface area contributed by atoms with Crippen LogP contribution >= 0.6 is 0 Å². The highest BCUT2D eigenvalue weighted by Crippen LogP contribution is 2.22. The first-order chi connectivity index (χ1) is 8.90.